The number of rotatable bonds is 6. The lowest BCUT2D eigenvalue weighted by Gasteiger charge is -2.37. The van der Waals surface area contributed by atoms with Gasteiger partial charge in [-0.15, -0.1) is 11.3 Å². The summed E-state index contributed by atoms with van der Waals surface area (Å²) in [6.07, 6.45) is 3.15. The SMILES string of the molecule is CCc1cc([C@H](c2cccc(F)c2)N2CCC(C)CC2)c(NC(=O)c2ccccc2)s1. The molecule has 1 N–H and O–H groups in total. The fourth-order valence-electron chi connectivity index (χ4n) is 4.25. The zero-order valence-electron chi connectivity index (χ0n) is 18.1. The lowest BCUT2D eigenvalue weighted by atomic mass is 9.92. The van der Waals surface area contributed by atoms with E-state index in [0.717, 1.165) is 48.5 Å². The minimum Gasteiger partial charge on any atom is -0.313 e. The fraction of sp³-hybridized carbons (Fsp3) is 0.346. The molecular formula is C26H29FN2OS. The van der Waals surface area contributed by atoms with Crippen LogP contribution in [0.2, 0.25) is 0 Å². The highest BCUT2D eigenvalue weighted by molar-refractivity contribution is 7.16. The Morgan fingerprint density at radius 1 is 1.13 bits per heavy atom. The van der Waals surface area contributed by atoms with Crippen LogP contribution >= 0.6 is 11.3 Å². The van der Waals surface area contributed by atoms with Crippen molar-refractivity contribution in [2.75, 3.05) is 18.4 Å². The molecule has 0 bridgehead atoms. The van der Waals surface area contributed by atoms with Gasteiger partial charge in [0.1, 0.15) is 10.8 Å². The summed E-state index contributed by atoms with van der Waals surface area (Å²) < 4.78 is 14.2. The average molecular weight is 437 g/mol. The molecule has 3 nitrogen and oxygen atoms in total. The molecule has 1 aromatic heterocycles. The monoisotopic (exact) mass is 436 g/mol. The van der Waals surface area contributed by atoms with E-state index in [4.69, 9.17) is 0 Å². The topological polar surface area (TPSA) is 32.3 Å². The van der Waals surface area contributed by atoms with Gasteiger partial charge in [0.2, 0.25) is 0 Å². The van der Waals surface area contributed by atoms with Crippen LogP contribution in [0.4, 0.5) is 9.39 Å². The maximum atomic E-state index is 14.2. The van der Waals surface area contributed by atoms with Gasteiger partial charge in [-0.1, -0.05) is 44.2 Å². The van der Waals surface area contributed by atoms with E-state index < -0.39 is 0 Å². The van der Waals surface area contributed by atoms with Crippen molar-refractivity contribution < 1.29 is 9.18 Å². The molecule has 2 aromatic carbocycles. The lowest BCUT2D eigenvalue weighted by Crippen LogP contribution is -2.37. The second kappa shape index (κ2) is 9.75. The highest BCUT2D eigenvalue weighted by Gasteiger charge is 2.30. The number of amides is 1. The first-order valence-corrected chi connectivity index (χ1v) is 11.8. The van der Waals surface area contributed by atoms with E-state index in [2.05, 4.69) is 30.1 Å². The van der Waals surface area contributed by atoms with Crippen molar-refractivity contribution in [3.05, 3.63) is 88.0 Å². The molecule has 5 heteroatoms. The van der Waals surface area contributed by atoms with E-state index >= 15 is 0 Å². The van der Waals surface area contributed by atoms with Gasteiger partial charge in [0.15, 0.2) is 0 Å². The molecule has 0 radical (unpaired) electrons. The maximum Gasteiger partial charge on any atom is 0.256 e. The Morgan fingerprint density at radius 2 is 1.87 bits per heavy atom. The number of anilines is 1. The van der Waals surface area contributed by atoms with Gasteiger partial charge in [-0.3, -0.25) is 9.69 Å². The molecule has 31 heavy (non-hydrogen) atoms. The third kappa shape index (κ3) is 5.05. The standard InChI is InChI=1S/C26H29FN2OS/c1-3-22-17-23(26(31-22)28-25(30)19-8-5-4-6-9-19)24(20-10-7-11-21(27)16-20)29-14-12-18(2)13-15-29/h4-11,16-18,24H,3,12-15H2,1-2H3,(H,28,30)/t24-/m0/s1. The summed E-state index contributed by atoms with van der Waals surface area (Å²) in [5.41, 5.74) is 2.63. The third-order valence-electron chi connectivity index (χ3n) is 6.07. The molecule has 1 fully saturated rings. The van der Waals surface area contributed by atoms with Crippen LogP contribution < -0.4 is 5.32 Å². The molecule has 4 rings (SSSR count). The van der Waals surface area contributed by atoms with Crippen LogP contribution in [-0.2, 0) is 6.42 Å². The van der Waals surface area contributed by atoms with Crippen molar-refractivity contribution in [1.29, 1.82) is 0 Å². The second-order valence-electron chi connectivity index (χ2n) is 8.35. The number of nitrogens with zero attached hydrogens (tertiary/aromatic N) is 1. The molecule has 1 amide bonds. The zero-order valence-corrected chi connectivity index (χ0v) is 18.9. The first-order valence-electron chi connectivity index (χ1n) is 11.0. The fourth-order valence-corrected chi connectivity index (χ4v) is 5.27. The smallest absolute Gasteiger partial charge is 0.256 e. The van der Waals surface area contributed by atoms with Crippen LogP contribution in [-0.4, -0.2) is 23.9 Å². The molecule has 162 valence electrons. The minimum absolute atomic E-state index is 0.0779. The normalized spacial score (nSPS) is 16.2. The highest BCUT2D eigenvalue weighted by atomic mass is 32.1. The summed E-state index contributed by atoms with van der Waals surface area (Å²) >= 11 is 1.62. The Labute approximate surface area is 187 Å². The Balaban J connectivity index is 1.73. The van der Waals surface area contributed by atoms with Crippen LogP contribution in [0, 0.1) is 11.7 Å². The molecule has 0 saturated carbocycles. The summed E-state index contributed by atoms with van der Waals surface area (Å²) in [5.74, 6) is 0.362. The van der Waals surface area contributed by atoms with E-state index in [0.29, 0.717) is 11.5 Å². The third-order valence-corrected chi connectivity index (χ3v) is 7.28. The molecule has 1 aliphatic heterocycles. The van der Waals surface area contributed by atoms with Gasteiger partial charge in [-0.25, -0.2) is 4.39 Å². The van der Waals surface area contributed by atoms with Crippen molar-refractivity contribution >= 4 is 22.2 Å². The van der Waals surface area contributed by atoms with Crippen LogP contribution in [0.5, 0.6) is 0 Å². The van der Waals surface area contributed by atoms with E-state index in [1.807, 2.05) is 36.4 Å². The Kier molecular flexibility index (Phi) is 6.83. The number of carbonyl (C=O) groups is 1. The zero-order chi connectivity index (χ0) is 21.8. The van der Waals surface area contributed by atoms with Gasteiger partial charge in [0.25, 0.3) is 5.91 Å². The molecule has 1 atom stereocenters. The van der Waals surface area contributed by atoms with Crippen molar-refractivity contribution in [3.63, 3.8) is 0 Å². The predicted molar refractivity (Wildman–Crippen MR) is 126 cm³/mol. The number of carbonyl (C=O) groups excluding carboxylic acids is 1. The number of piperidine rings is 1. The number of thiophene rings is 1. The van der Waals surface area contributed by atoms with Crippen molar-refractivity contribution in [3.8, 4) is 0 Å². The summed E-state index contributed by atoms with van der Waals surface area (Å²) in [7, 11) is 0. The quantitative estimate of drug-likeness (QED) is 0.477. The van der Waals surface area contributed by atoms with Gasteiger partial charge >= 0.3 is 0 Å². The maximum absolute atomic E-state index is 14.2. The van der Waals surface area contributed by atoms with Crippen molar-refractivity contribution in [2.24, 2.45) is 5.92 Å². The van der Waals surface area contributed by atoms with E-state index in [1.54, 1.807) is 23.5 Å². The molecule has 2 heterocycles. The Hall–Kier alpha value is -2.50. The summed E-state index contributed by atoms with van der Waals surface area (Å²) in [5, 5.41) is 4.01. The van der Waals surface area contributed by atoms with Gasteiger partial charge in [0.05, 0.1) is 6.04 Å². The number of aryl methyl sites for hydroxylation is 1. The van der Waals surface area contributed by atoms with Crippen LogP contribution in [0.3, 0.4) is 0 Å². The number of likely N-dealkylation sites (tertiary alicyclic amines) is 1. The van der Waals surface area contributed by atoms with Gasteiger partial charge in [-0.05, 0) is 74.2 Å². The molecule has 0 aliphatic carbocycles. The molecular weight excluding hydrogens is 407 g/mol. The summed E-state index contributed by atoms with van der Waals surface area (Å²) in [6.45, 7) is 6.34. The largest absolute Gasteiger partial charge is 0.313 e. The number of benzene rings is 2. The van der Waals surface area contributed by atoms with E-state index in [-0.39, 0.29) is 17.8 Å². The number of halogens is 1. The molecule has 0 unspecified atom stereocenters. The lowest BCUT2D eigenvalue weighted by molar-refractivity contribution is 0.102. The number of nitrogens with one attached hydrogen (secondary N) is 1. The second-order valence-corrected chi connectivity index (χ2v) is 9.48. The van der Waals surface area contributed by atoms with Gasteiger partial charge < -0.3 is 5.32 Å². The first-order chi connectivity index (χ1) is 15.0. The average Bonchev–Trinajstić information content (AvgIpc) is 3.18. The predicted octanol–water partition coefficient (Wildman–Crippen LogP) is 6.52. The Bertz CT molecular complexity index is 1020. The number of hydrogen-bond acceptors (Lipinski definition) is 3. The van der Waals surface area contributed by atoms with E-state index in [9.17, 15) is 9.18 Å². The van der Waals surface area contributed by atoms with Crippen LogP contribution in [0.1, 0.15) is 59.1 Å². The van der Waals surface area contributed by atoms with Crippen LogP contribution in [0.15, 0.2) is 60.7 Å². The first kappa shape index (κ1) is 21.7. The van der Waals surface area contributed by atoms with Gasteiger partial charge in [0, 0.05) is 16.0 Å². The molecule has 1 saturated heterocycles. The van der Waals surface area contributed by atoms with Crippen molar-refractivity contribution in [1.82, 2.24) is 4.90 Å². The van der Waals surface area contributed by atoms with Crippen LogP contribution in [0.25, 0.3) is 0 Å². The molecule has 1 aliphatic rings. The van der Waals surface area contributed by atoms with Crippen molar-refractivity contribution in [2.45, 2.75) is 39.2 Å². The highest BCUT2D eigenvalue weighted by Crippen LogP contribution is 2.41. The van der Waals surface area contributed by atoms with E-state index in [1.165, 1.54) is 10.9 Å². The minimum atomic E-state index is -0.228. The Morgan fingerprint density at radius 3 is 2.55 bits per heavy atom. The summed E-state index contributed by atoms with van der Waals surface area (Å²) in [6, 6.07) is 18.3. The molecule has 0 spiro atoms. The molecule has 3 aromatic rings. The summed E-state index contributed by atoms with van der Waals surface area (Å²) in [4.78, 5) is 16.6. The number of hydrogen-bond donors (Lipinski definition) is 1. The van der Waals surface area contributed by atoms with Gasteiger partial charge in [-0.2, -0.15) is 0 Å².